The fourth-order valence-corrected chi connectivity index (χ4v) is 1.97. The molecule has 0 aliphatic heterocycles. The summed E-state index contributed by atoms with van der Waals surface area (Å²) in [6, 6.07) is 0.174. The van der Waals surface area contributed by atoms with Gasteiger partial charge in [0.2, 0.25) is 0 Å². The lowest BCUT2D eigenvalue weighted by Gasteiger charge is -2.29. The van der Waals surface area contributed by atoms with E-state index in [1.165, 1.54) is 9.08 Å². The van der Waals surface area contributed by atoms with Gasteiger partial charge >= 0.3 is 5.69 Å². The summed E-state index contributed by atoms with van der Waals surface area (Å²) in [6.45, 7) is 6.95. The Morgan fingerprint density at radius 2 is 2.17 bits per heavy atom. The van der Waals surface area contributed by atoms with Crippen LogP contribution >= 0.6 is 0 Å². The second-order valence-corrected chi connectivity index (χ2v) is 5.48. The van der Waals surface area contributed by atoms with Gasteiger partial charge in [-0.2, -0.15) is 0 Å². The van der Waals surface area contributed by atoms with E-state index in [0.29, 0.717) is 12.2 Å². The number of hydrogen-bond donors (Lipinski definition) is 1. The van der Waals surface area contributed by atoms with Gasteiger partial charge in [0, 0.05) is 18.4 Å². The highest BCUT2D eigenvalue weighted by Gasteiger charge is 2.24. The Kier molecular flexibility index (Phi) is 3.21. The van der Waals surface area contributed by atoms with Crippen LogP contribution < -0.4 is 11.0 Å². The van der Waals surface area contributed by atoms with E-state index in [1.807, 2.05) is 7.05 Å². The highest BCUT2D eigenvalue weighted by atomic mass is 16.2. The monoisotopic (exact) mass is 249 g/mol. The second-order valence-electron chi connectivity index (χ2n) is 5.48. The van der Waals surface area contributed by atoms with Gasteiger partial charge in [-0.1, -0.05) is 20.8 Å². The van der Waals surface area contributed by atoms with Crippen molar-refractivity contribution in [2.24, 2.45) is 5.41 Å². The molecule has 0 radical (unpaired) electrons. The second kappa shape index (κ2) is 4.53. The highest BCUT2D eigenvalue weighted by Crippen LogP contribution is 2.19. The number of rotatable bonds is 3. The molecule has 2 rings (SSSR count). The molecule has 1 N–H and O–H groups in total. The van der Waals surface area contributed by atoms with Gasteiger partial charge in [0.25, 0.3) is 0 Å². The van der Waals surface area contributed by atoms with E-state index in [2.05, 4.69) is 36.2 Å². The quantitative estimate of drug-likeness (QED) is 0.861. The maximum Gasteiger partial charge on any atom is 0.350 e. The lowest BCUT2D eigenvalue weighted by Crippen LogP contribution is -2.43. The minimum atomic E-state index is -0.128. The normalized spacial score (nSPS) is 14.0. The number of nitrogens with zero attached hydrogens (tertiary/aromatic N) is 4. The third-order valence-electron chi connectivity index (χ3n) is 3.14. The Labute approximate surface area is 106 Å². The van der Waals surface area contributed by atoms with Crippen molar-refractivity contribution in [3.8, 4) is 0 Å². The zero-order valence-corrected chi connectivity index (χ0v) is 11.2. The Hall–Kier alpha value is -1.69. The van der Waals surface area contributed by atoms with E-state index in [-0.39, 0.29) is 17.1 Å². The van der Waals surface area contributed by atoms with E-state index < -0.39 is 0 Å². The van der Waals surface area contributed by atoms with Crippen LogP contribution in [0.15, 0.2) is 23.4 Å². The van der Waals surface area contributed by atoms with Gasteiger partial charge in [-0.15, -0.1) is 5.10 Å². The molecular weight excluding hydrogens is 230 g/mol. The van der Waals surface area contributed by atoms with Crippen LogP contribution in [0.5, 0.6) is 0 Å². The summed E-state index contributed by atoms with van der Waals surface area (Å²) in [7, 11) is 1.90. The molecule has 0 aliphatic rings. The van der Waals surface area contributed by atoms with Crippen molar-refractivity contribution in [3.05, 3.63) is 29.1 Å². The summed E-state index contributed by atoms with van der Waals surface area (Å²) in [6.07, 6.45) is 4.80. The van der Waals surface area contributed by atoms with E-state index in [9.17, 15) is 4.79 Å². The first-order chi connectivity index (χ1) is 8.43. The van der Waals surface area contributed by atoms with E-state index >= 15 is 0 Å². The number of hydrogen-bond acceptors (Lipinski definition) is 4. The molecule has 18 heavy (non-hydrogen) atoms. The molecule has 2 aromatic heterocycles. The molecule has 0 fully saturated rings. The van der Waals surface area contributed by atoms with Crippen LogP contribution in [0, 0.1) is 5.41 Å². The molecule has 6 nitrogen and oxygen atoms in total. The fraction of sp³-hybridized carbons (Fsp3) is 0.583. The maximum atomic E-state index is 12.1. The van der Waals surface area contributed by atoms with Crippen LogP contribution in [0.25, 0.3) is 5.65 Å². The molecule has 0 spiro atoms. The molecule has 6 heteroatoms. The lowest BCUT2D eigenvalue weighted by atomic mass is 9.87. The molecule has 98 valence electrons. The van der Waals surface area contributed by atoms with Gasteiger partial charge in [-0.25, -0.2) is 13.9 Å². The molecule has 0 bridgehead atoms. The summed E-state index contributed by atoms with van der Waals surface area (Å²) >= 11 is 0. The standard InChI is InChI=1S/C12H19N5O/c1-12(2,3)9(13-4)8-17-11(18)16-6-5-14-7-10(16)15-17/h5-7,9,13H,8H2,1-4H3. The van der Waals surface area contributed by atoms with E-state index in [0.717, 1.165) is 0 Å². The average Bonchev–Trinajstić information content (AvgIpc) is 2.62. The highest BCUT2D eigenvalue weighted by molar-refractivity contribution is 5.31. The number of nitrogens with one attached hydrogen (secondary N) is 1. The summed E-state index contributed by atoms with van der Waals surface area (Å²) in [5.41, 5.74) is 0.505. The zero-order chi connectivity index (χ0) is 13.3. The summed E-state index contributed by atoms with van der Waals surface area (Å²) in [5, 5.41) is 7.52. The van der Waals surface area contributed by atoms with Crippen LogP contribution in [0.1, 0.15) is 20.8 Å². The predicted molar refractivity (Wildman–Crippen MR) is 69.5 cm³/mol. The first-order valence-corrected chi connectivity index (χ1v) is 6.00. The minimum Gasteiger partial charge on any atom is -0.315 e. The summed E-state index contributed by atoms with van der Waals surface area (Å²) in [4.78, 5) is 16.1. The third kappa shape index (κ3) is 2.28. The molecule has 0 saturated carbocycles. The molecular formula is C12H19N5O. The molecule has 0 amide bonds. The smallest absolute Gasteiger partial charge is 0.315 e. The number of likely N-dealkylation sites (N-methyl/N-ethyl adjacent to an activating group) is 1. The number of aromatic nitrogens is 4. The molecule has 2 aromatic rings. The van der Waals surface area contributed by atoms with Gasteiger partial charge in [-0.05, 0) is 12.5 Å². The average molecular weight is 249 g/mol. The fourth-order valence-electron chi connectivity index (χ4n) is 1.97. The molecule has 0 aromatic carbocycles. The van der Waals surface area contributed by atoms with Crippen LogP contribution in [0.4, 0.5) is 0 Å². The lowest BCUT2D eigenvalue weighted by molar-refractivity contribution is 0.245. The van der Waals surface area contributed by atoms with Crippen LogP contribution in [-0.4, -0.2) is 32.3 Å². The largest absolute Gasteiger partial charge is 0.350 e. The Balaban J connectivity index is 2.38. The van der Waals surface area contributed by atoms with Gasteiger partial charge < -0.3 is 5.32 Å². The van der Waals surface area contributed by atoms with Crippen LogP contribution in [0.2, 0.25) is 0 Å². The maximum absolute atomic E-state index is 12.1. The van der Waals surface area contributed by atoms with Crippen molar-refractivity contribution in [1.82, 2.24) is 24.5 Å². The van der Waals surface area contributed by atoms with Gasteiger partial charge in [-0.3, -0.25) is 4.98 Å². The molecule has 1 atom stereocenters. The Bertz CT molecular complexity index is 592. The van der Waals surface area contributed by atoms with Crippen molar-refractivity contribution in [2.45, 2.75) is 33.4 Å². The zero-order valence-electron chi connectivity index (χ0n) is 11.2. The molecule has 0 saturated heterocycles. The first kappa shape index (κ1) is 12.8. The van der Waals surface area contributed by atoms with Crippen molar-refractivity contribution in [3.63, 3.8) is 0 Å². The van der Waals surface area contributed by atoms with Crippen molar-refractivity contribution in [2.75, 3.05) is 7.05 Å². The first-order valence-electron chi connectivity index (χ1n) is 6.00. The predicted octanol–water partition coefficient (Wildman–Crippen LogP) is 0.525. The van der Waals surface area contributed by atoms with E-state index in [4.69, 9.17) is 0 Å². The minimum absolute atomic E-state index is 0.0578. The van der Waals surface area contributed by atoms with Crippen LogP contribution in [-0.2, 0) is 6.54 Å². The van der Waals surface area contributed by atoms with Gasteiger partial charge in [0.05, 0.1) is 12.7 Å². The molecule has 0 aliphatic carbocycles. The SMILES string of the molecule is CNC(Cn1nc2cnccn2c1=O)C(C)(C)C. The summed E-state index contributed by atoms with van der Waals surface area (Å²) in [5.74, 6) is 0. The van der Waals surface area contributed by atoms with Crippen molar-refractivity contribution in [1.29, 1.82) is 0 Å². The Morgan fingerprint density at radius 3 is 2.72 bits per heavy atom. The van der Waals surface area contributed by atoms with Gasteiger partial charge in [0.15, 0.2) is 5.65 Å². The van der Waals surface area contributed by atoms with Crippen molar-refractivity contribution < 1.29 is 0 Å². The summed E-state index contributed by atoms with van der Waals surface area (Å²) < 4.78 is 2.99. The Morgan fingerprint density at radius 1 is 1.44 bits per heavy atom. The van der Waals surface area contributed by atoms with Crippen molar-refractivity contribution >= 4 is 5.65 Å². The topological polar surface area (TPSA) is 64.2 Å². The number of fused-ring (bicyclic) bond motifs is 1. The van der Waals surface area contributed by atoms with Gasteiger partial charge in [0.1, 0.15) is 0 Å². The van der Waals surface area contributed by atoms with Crippen LogP contribution in [0.3, 0.4) is 0 Å². The third-order valence-corrected chi connectivity index (χ3v) is 3.14. The van der Waals surface area contributed by atoms with E-state index in [1.54, 1.807) is 18.6 Å². The molecule has 1 unspecified atom stereocenters. The molecule has 2 heterocycles.